The molecule has 0 aliphatic rings. The van der Waals surface area contributed by atoms with Crippen LogP contribution in [-0.2, 0) is 20.1 Å². The number of anilines is 1. The maximum Gasteiger partial charge on any atom is 0.0827 e. The Morgan fingerprint density at radius 1 is 1.33 bits per heavy atom. The van der Waals surface area contributed by atoms with Crippen molar-refractivity contribution in [2.45, 2.75) is 40.3 Å². The summed E-state index contributed by atoms with van der Waals surface area (Å²) >= 11 is 0. The number of aryl methyl sites for hydroxylation is 3. The summed E-state index contributed by atoms with van der Waals surface area (Å²) in [4.78, 5) is 0. The van der Waals surface area contributed by atoms with Crippen LogP contribution in [-0.4, -0.2) is 19.6 Å². The van der Waals surface area contributed by atoms with Crippen molar-refractivity contribution in [1.82, 2.24) is 19.6 Å². The lowest BCUT2D eigenvalue weighted by atomic mass is 10.3. The highest BCUT2D eigenvalue weighted by molar-refractivity contribution is 5.52. The molecule has 0 saturated carbocycles. The van der Waals surface area contributed by atoms with Crippen LogP contribution >= 0.6 is 0 Å². The summed E-state index contributed by atoms with van der Waals surface area (Å²) in [6.07, 6.45) is 2.95. The van der Waals surface area contributed by atoms with E-state index < -0.39 is 0 Å². The second-order valence-corrected chi connectivity index (χ2v) is 4.57. The Bertz CT molecular complexity index is 523. The standard InChI is InChI=1S/C13H21N5/c1-5-8-18-12(6-7-15-18)9-14-13-10(2)16-17(4)11(13)3/h6-7,14H,5,8-9H2,1-4H3. The van der Waals surface area contributed by atoms with Crippen molar-refractivity contribution in [3.05, 3.63) is 29.3 Å². The van der Waals surface area contributed by atoms with Gasteiger partial charge in [-0.3, -0.25) is 9.36 Å². The Labute approximate surface area is 108 Å². The molecular formula is C13H21N5. The fourth-order valence-electron chi connectivity index (χ4n) is 2.13. The minimum absolute atomic E-state index is 0.785. The van der Waals surface area contributed by atoms with Gasteiger partial charge in [-0.2, -0.15) is 10.2 Å². The number of hydrogen-bond acceptors (Lipinski definition) is 3. The lowest BCUT2D eigenvalue weighted by Gasteiger charge is -2.09. The van der Waals surface area contributed by atoms with Crippen LogP contribution in [0.1, 0.15) is 30.4 Å². The van der Waals surface area contributed by atoms with Gasteiger partial charge in [0.15, 0.2) is 0 Å². The Hall–Kier alpha value is -1.78. The summed E-state index contributed by atoms with van der Waals surface area (Å²) in [5.41, 5.74) is 4.53. The van der Waals surface area contributed by atoms with E-state index in [1.807, 2.05) is 29.5 Å². The highest BCUT2D eigenvalue weighted by Crippen LogP contribution is 2.19. The van der Waals surface area contributed by atoms with Gasteiger partial charge in [-0.1, -0.05) is 6.92 Å². The van der Waals surface area contributed by atoms with Crippen LogP contribution in [0.4, 0.5) is 5.69 Å². The summed E-state index contributed by atoms with van der Waals surface area (Å²) in [6.45, 7) is 8.01. The Kier molecular flexibility index (Phi) is 3.69. The van der Waals surface area contributed by atoms with Crippen LogP contribution in [0.25, 0.3) is 0 Å². The van der Waals surface area contributed by atoms with Gasteiger partial charge >= 0.3 is 0 Å². The van der Waals surface area contributed by atoms with Crippen molar-refractivity contribution in [3.8, 4) is 0 Å². The van der Waals surface area contributed by atoms with Crippen LogP contribution in [0, 0.1) is 13.8 Å². The maximum absolute atomic E-state index is 4.40. The molecule has 0 unspecified atom stereocenters. The first kappa shape index (κ1) is 12.7. The number of aromatic nitrogens is 4. The highest BCUT2D eigenvalue weighted by Gasteiger charge is 2.09. The number of hydrogen-bond donors (Lipinski definition) is 1. The monoisotopic (exact) mass is 247 g/mol. The third-order valence-electron chi connectivity index (χ3n) is 3.20. The lowest BCUT2D eigenvalue weighted by Crippen LogP contribution is -2.09. The second kappa shape index (κ2) is 5.25. The largest absolute Gasteiger partial charge is 0.376 e. The number of rotatable bonds is 5. The van der Waals surface area contributed by atoms with Gasteiger partial charge in [0.1, 0.15) is 0 Å². The van der Waals surface area contributed by atoms with Gasteiger partial charge in [0.2, 0.25) is 0 Å². The SMILES string of the molecule is CCCn1nccc1CNc1c(C)nn(C)c1C. The Morgan fingerprint density at radius 3 is 2.72 bits per heavy atom. The quantitative estimate of drug-likeness (QED) is 0.881. The fraction of sp³-hybridized carbons (Fsp3) is 0.538. The van der Waals surface area contributed by atoms with E-state index in [4.69, 9.17) is 0 Å². The lowest BCUT2D eigenvalue weighted by molar-refractivity contribution is 0.578. The molecule has 1 N–H and O–H groups in total. The second-order valence-electron chi connectivity index (χ2n) is 4.57. The van der Waals surface area contributed by atoms with Crippen molar-refractivity contribution in [2.24, 2.45) is 7.05 Å². The predicted molar refractivity (Wildman–Crippen MR) is 72.5 cm³/mol. The molecule has 0 saturated heterocycles. The molecule has 0 aromatic carbocycles. The summed E-state index contributed by atoms with van der Waals surface area (Å²) in [7, 11) is 1.97. The molecule has 0 spiro atoms. The molecule has 2 heterocycles. The Morgan fingerprint density at radius 2 is 2.11 bits per heavy atom. The smallest absolute Gasteiger partial charge is 0.0827 e. The van der Waals surface area contributed by atoms with Crippen molar-refractivity contribution in [2.75, 3.05) is 5.32 Å². The average molecular weight is 247 g/mol. The van der Waals surface area contributed by atoms with E-state index in [1.165, 1.54) is 5.69 Å². The van der Waals surface area contributed by atoms with Crippen molar-refractivity contribution >= 4 is 5.69 Å². The van der Waals surface area contributed by atoms with E-state index in [1.54, 1.807) is 0 Å². The normalized spacial score (nSPS) is 10.9. The molecule has 0 bridgehead atoms. The fourth-order valence-corrected chi connectivity index (χ4v) is 2.13. The van der Waals surface area contributed by atoms with Crippen LogP contribution < -0.4 is 5.32 Å². The first-order valence-corrected chi connectivity index (χ1v) is 6.38. The molecule has 98 valence electrons. The third kappa shape index (κ3) is 2.39. The van der Waals surface area contributed by atoms with Crippen molar-refractivity contribution in [1.29, 1.82) is 0 Å². The zero-order valence-electron chi connectivity index (χ0n) is 11.6. The molecule has 2 rings (SSSR count). The van der Waals surface area contributed by atoms with Crippen molar-refractivity contribution < 1.29 is 0 Å². The zero-order chi connectivity index (χ0) is 13.1. The van der Waals surface area contributed by atoms with Crippen LogP contribution in [0.2, 0.25) is 0 Å². The molecule has 0 atom stereocenters. The first-order valence-electron chi connectivity index (χ1n) is 6.38. The van der Waals surface area contributed by atoms with E-state index >= 15 is 0 Å². The first-order chi connectivity index (χ1) is 8.63. The molecule has 0 radical (unpaired) electrons. The number of nitrogens with one attached hydrogen (secondary N) is 1. The molecule has 0 amide bonds. The molecule has 0 aliphatic heterocycles. The third-order valence-corrected chi connectivity index (χ3v) is 3.20. The molecule has 5 nitrogen and oxygen atoms in total. The maximum atomic E-state index is 4.40. The molecular weight excluding hydrogens is 226 g/mol. The minimum Gasteiger partial charge on any atom is -0.376 e. The molecule has 5 heteroatoms. The van der Waals surface area contributed by atoms with Gasteiger partial charge in [0.25, 0.3) is 0 Å². The molecule has 2 aromatic heterocycles. The summed E-state index contributed by atoms with van der Waals surface area (Å²) < 4.78 is 3.95. The van der Waals surface area contributed by atoms with E-state index in [0.717, 1.165) is 36.6 Å². The summed E-state index contributed by atoms with van der Waals surface area (Å²) in [6, 6.07) is 2.06. The minimum atomic E-state index is 0.785. The van der Waals surface area contributed by atoms with Gasteiger partial charge in [-0.05, 0) is 26.3 Å². The molecule has 0 aliphatic carbocycles. The van der Waals surface area contributed by atoms with E-state index in [-0.39, 0.29) is 0 Å². The van der Waals surface area contributed by atoms with E-state index in [0.29, 0.717) is 0 Å². The Balaban J connectivity index is 2.09. The van der Waals surface area contributed by atoms with E-state index in [2.05, 4.69) is 35.4 Å². The van der Waals surface area contributed by atoms with Crippen LogP contribution in [0.3, 0.4) is 0 Å². The van der Waals surface area contributed by atoms with Crippen molar-refractivity contribution in [3.63, 3.8) is 0 Å². The van der Waals surface area contributed by atoms with Gasteiger partial charge in [0, 0.05) is 19.8 Å². The van der Waals surface area contributed by atoms with Gasteiger partial charge in [-0.15, -0.1) is 0 Å². The van der Waals surface area contributed by atoms with Gasteiger partial charge < -0.3 is 5.32 Å². The van der Waals surface area contributed by atoms with Gasteiger partial charge in [-0.25, -0.2) is 0 Å². The number of nitrogens with zero attached hydrogens (tertiary/aromatic N) is 4. The summed E-state index contributed by atoms with van der Waals surface area (Å²) in [5, 5.41) is 12.2. The van der Waals surface area contributed by atoms with Crippen LogP contribution in [0.15, 0.2) is 12.3 Å². The predicted octanol–water partition coefficient (Wildman–Crippen LogP) is 2.26. The average Bonchev–Trinajstić information content (AvgIpc) is 2.85. The van der Waals surface area contributed by atoms with Gasteiger partial charge in [0.05, 0.1) is 29.3 Å². The highest BCUT2D eigenvalue weighted by atomic mass is 15.3. The summed E-state index contributed by atoms with van der Waals surface area (Å²) in [5.74, 6) is 0. The topological polar surface area (TPSA) is 47.7 Å². The molecule has 2 aromatic rings. The van der Waals surface area contributed by atoms with E-state index in [9.17, 15) is 0 Å². The molecule has 0 fully saturated rings. The zero-order valence-corrected chi connectivity index (χ0v) is 11.6. The molecule has 18 heavy (non-hydrogen) atoms. The van der Waals surface area contributed by atoms with Crippen LogP contribution in [0.5, 0.6) is 0 Å².